The number of carbonyl (C=O) groups excluding carboxylic acids is 3. The molecule has 0 radical (unpaired) electrons. The molecule has 1 aliphatic heterocycles. The van der Waals surface area contributed by atoms with E-state index in [-0.39, 0.29) is 25.0 Å². The number of ether oxygens (including phenoxy) is 2. The number of hydrogen-bond donors (Lipinski definition) is 1. The van der Waals surface area contributed by atoms with E-state index in [2.05, 4.69) is 5.32 Å². The molecule has 2 aliphatic rings. The molecule has 0 unspecified atom stereocenters. The first-order valence-corrected chi connectivity index (χ1v) is 13.0. The van der Waals surface area contributed by atoms with Crippen LogP contribution in [0, 0.1) is 6.92 Å². The number of anilines is 1. The number of rotatable bonds is 8. The lowest BCUT2D eigenvalue weighted by atomic mass is 10.00. The number of likely N-dealkylation sites (tertiary alicyclic amines) is 1. The van der Waals surface area contributed by atoms with E-state index in [9.17, 15) is 14.4 Å². The van der Waals surface area contributed by atoms with Gasteiger partial charge in [0.05, 0.1) is 31.5 Å². The van der Waals surface area contributed by atoms with Crippen LogP contribution >= 0.6 is 0 Å². The number of esters is 2. The zero-order chi connectivity index (χ0) is 25.6. The molecule has 2 aromatic rings. The van der Waals surface area contributed by atoms with E-state index in [0.29, 0.717) is 28.6 Å². The van der Waals surface area contributed by atoms with Gasteiger partial charge in [-0.25, -0.2) is 9.59 Å². The summed E-state index contributed by atoms with van der Waals surface area (Å²) in [5.41, 5.74) is 1.86. The Hall–Kier alpha value is -3.19. The van der Waals surface area contributed by atoms with Crippen molar-refractivity contribution in [1.82, 2.24) is 0 Å². The van der Waals surface area contributed by atoms with Gasteiger partial charge in [0.25, 0.3) is 5.91 Å². The van der Waals surface area contributed by atoms with Crippen LogP contribution < -0.4 is 5.32 Å². The smallest absolute Gasteiger partial charge is 0.362 e. The molecule has 1 amide bonds. The molecule has 1 heterocycles. The average molecular weight is 494 g/mol. The van der Waals surface area contributed by atoms with Crippen LogP contribution in [0.1, 0.15) is 66.4 Å². The summed E-state index contributed by atoms with van der Waals surface area (Å²) in [5, 5.41) is 3.08. The van der Waals surface area contributed by atoms with Gasteiger partial charge in [-0.3, -0.25) is 4.79 Å². The van der Waals surface area contributed by atoms with Crippen LogP contribution in [-0.2, 0) is 25.7 Å². The van der Waals surface area contributed by atoms with E-state index < -0.39 is 11.5 Å². The number of benzene rings is 2. The van der Waals surface area contributed by atoms with Gasteiger partial charge in [0.1, 0.15) is 6.61 Å². The van der Waals surface area contributed by atoms with Crippen molar-refractivity contribution < 1.29 is 28.3 Å². The number of methoxy groups -OCH3 is 1. The van der Waals surface area contributed by atoms with Crippen LogP contribution in [0.5, 0.6) is 0 Å². The second-order valence-electron chi connectivity index (χ2n) is 10.1. The third-order valence-corrected chi connectivity index (χ3v) is 7.82. The van der Waals surface area contributed by atoms with Crippen LogP contribution in [0.2, 0.25) is 0 Å². The summed E-state index contributed by atoms with van der Waals surface area (Å²) in [4.78, 5) is 39.5. The Morgan fingerprint density at radius 3 is 2.22 bits per heavy atom. The standard InChI is InChI=1S/C29H36N2O5/c1-22-12-11-15-24(27(33)35-2)26(22)30-28(34)29(16-17-29)31(18-9-4-3-5-10-19-31)20-25(32)36-21-23-13-7-6-8-14-23/h6-8,11-15H,3-5,9-10,16-21H2,1-2H3/p+1. The Labute approximate surface area is 213 Å². The van der Waals surface area contributed by atoms with Crippen molar-refractivity contribution in [1.29, 1.82) is 0 Å². The second kappa shape index (κ2) is 11.2. The number of carbonyl (C=O) groups is 3. The maximum atomic E-state index is 13.9. The summed E-state index contributed by atoms with van der Waals surface area (Å²) < 4.78 is 11.1. The first-order chi connectivity index (χ1) is 17.4. The van der Waals surface area contributed by atoms with Crippen molar-refractivity contribution in [3.63, 3.8) is 0 Å². The molecule has 192 valence electrons. The van der Waals surface area contributed by atoms with E-state index in [4.69, 9.17) is 9.47 Å². The molecule has 0 bridgehead atoms. The van der Waals surface area contributed by atoms with E-state index in [1.807, 2.05) is 43.3 Å². The number of amides is 1. The highest BCUT2D eigenvalue weighted by molar-refractivity contribution is 6.05. The lowest BCUT2D eigenvalue weighted by molar-refractivity contribution is -0.946. The molecule has 1 saturated carbocycles. The van der Waals surface area contributed by atoms with Crippen molar-refractivity contribution in [3.8, 4) is 0 Å². The normalized spacial score (nSPS) is 18.3. The molecule has 1 saturated heterocycles. The Morgan fingerprint density at radius 2 is 1.58 bits per heavy atom. The molecule has 7 heteroatoms. The van der Waals surface area contributed by atoms with Crippen molar-refractivity contribution in [2.75, 3.05) is 32.1 Å². The zero-order valence-electron chi connectivity index (χ0n) is 21.4. The van der Waals surface area contributed by atoms with E-state index in [1.54, 1.807) is 12.1 Å². The summed E-state index contributed by atoms with van der Waals surface area (Å²) in [6.07, 6.45) is 6.75. The summed E-state index contributed by atoms with van der Waals surface area (Å²) in [6, 6.07) is 15.0. The van der Waals surface area contributed by atoms with Gasteiger partial charge in [-0.05, 0) is 49.8 Å². The predicted molar refractivity (Wildman–Crippen MR) is 137 cm³/mol. The predicted octanol–water partition coefficient (Wildman–Crippen LogP) is 4.78. The minimum absolute atomic E-state index is 0.126. The lowest BCUT2D eigenvalue weighted by Crippen LogP contribution is -2.65. The molecule has 1 aliphatic carbocycles. The zero-order valence-corrected chi connectivity index (χ0v) is 21.4. The van der Waals surface area contributed by atoms with Crippen molar-refractivity contribution in [2.24, 2.45) is 0 Å². The van der Waals surface area contributed by atoms with Gasteiger partial charge in [-0.2, -0.15) is 0 Å². The summed E-state index contributed by atoms with van der Waals surface area (Å²) in [5.74, 6) is -0.887. The molecular weight excluding hydrogens is 456 g/mol. The molecule has 0 spiro atoms. The Bertz CT molecular complexity index is 1090. The topological polar surface area (TPSA) is 81.7 Å². The molecule has 7 nitrogen and oxygen atoms in total. The molecular formula is C29H37N2O5+. The number of nitrogens with zero attached hydrogens (tertiary/aromatic N) is 1. The van der Waals surface area contributed by atoms with Crippen LogP contribution in [0.15, 0.2) is 48.5 Å². The van der Waals surface area contributed by atoms with Gasteiger partial charge in [-0.1, -0.05) is 48.9 Å². The molecule has 36 heavy (non-hydrogen) atoms. The van der Waals surface area contributed by atoms with Gasteiger partial charge in [0, 0.05) is 12.8 Å². The summed E-state index contributed by atoms with van der Waals surface area (Å²) in [6.45, 7) is 3.81. The molecule has 1 N–H and O–H groups in total. The number of aryl methyl sites for hydroxylation is 1. The highest BCUT2D eigenvalue weighted by atomic mass is 16.5. The molecule has 0 atom stereocenters. The lowest BCUT2D eigenvalue weighted by Gasteiger charge is -2.45. The fraction of sp³-hybridized carbons (Fsp3) is 0.483. The van der Waals surface area contributed by atoms with Crippen LogP contribution in [-0.4, -0.2) is 54.6 Å². The fourth-order valence-electron chi connectivity index (χ4n) is 5.62. The Kier molecular flexibility index (Phi) is 8.09. The maximum absolute atomic E-state index is 13.9. The quantitative estimate of drug-likeness (QED) is 0.423. The number of quaternary nitrogens is 1. The van der Waals surface area contributed by atoms with Gasteiger partial charge in [-0.15, -0.1) is 0 Å². The Balaban J connectivity index is 1.58. The molecule has 2 fully saturated rings. The fourth-order valence-corrected chi connectivity index (χ4v) is 5.62. The average Bonchev–Trinajstić information content (AvgIpc) is 3.68. The SMILES string of the molecule is COC(=O)c1cccc(C)c1NC(=O)C1([N+]2(CC(=O)OCc3ccccc3)CCCCCCC2)CC1. The van der Waals surface area contributed by atoms with Gasteiger partial charge in [0.2, 0.25) is 0 Å². The number of hydrogen-bond acceptors (Lipinski definition) is 5. The number of para-hydroxylation sites is 1. The summed E-state index contributed by atoms with van der Waals surface area (Å²) in [7, 11) is 1.33. The molecule has 4 rings (SSSR count). The van der Waals surface area contributed by atoms with Gasteiger partial charge >= 0.3 is 11.9 Å². The highest BCUT2D eigenvalue weighted by Crippen LogP contribution is 2.49. The molecule has 0 aromatic heterocycles. The van der Waals surface area contributed by atoms with Crippen LogP contribution in [0.4, 0.5) is 5.69 Å². The molecule has 2 aromatic carbocycles. The van der Waals surface area contributed by atoms with Crippen molar-refractivity contribution in [2.45, 2.75) is 64.0 Å². The van der Waals surface area contributed by atoms with E-state index in [0.717, 1.165) is 49.9 Å². The second-order valence-corrected chi connectivity index (χ2v) is 10.1. The Morgan fingerprint density at radius 1 is 0.917 bits per heavy atom. The maximum Gasteiger partial charge on any atom is 0.362 e. The van der Waals surface area contributed by atoms with E-state index in [1.165, 1.54) is 13.5 Å². The third kappa shape index (κ3) is 5.46. The number of nitrogens with one attached hydrogen (secondary N) is 1. The van der Waals surface area contributed by atoms with Gasteiger partial charge < -0.3 is 19.3 Å². The first kappa shape index (κ1) is 25.9. The summed E-state index contributed by atoms with van der Waals surface area (Å²) >= 11 is 0. The highest BCUT2D eigenvalue weighted by Gasteiger charge is 2.66. The minimum atomic E-state index is -0.696. The first-order valence-electron chi connectivity index (χ1n) is 13.0. The van der Waals surface area contributed by atoms with Crippen LogP contribution in [0.25, 0.3) is 0 Å². The minimum Gasteiger partial charge on any atom is -0.465 e. The van der Waals surface area contributed by atoms with E-state index >= 15 is 0 Å². The third-order valence-electron chi connectivity index (χ3n) is 7.82. The van der Waals surface area contributed by atoms with Crippen molar-refractivity contribution in [3.05, 3.63) is 65.2 Å². The largest absolute Gasteiger partial charge is 0.465 e. The monoisotopic (exact) mass is 493 g/mol. The van der Waals surface area contributed by atoms with Gasteiger partial charge in [0.15, 0.2) is 12.1 Å². The van der Waals surface area contributed by atoms with Crippen LogP contribution in [0.3, 0.4) is 0 Å². The van der Waals surface area contributed by atoms with Crippen molar-refractivity contribution >= 4 is 23.5 Å².